The summed E-state index contributed by atoms with van der Waals surface area (Å²) in [4.78, 5) is 21.9. The molecule has 0 aliphatic heterocycles. The zero-order chi connectivity index (χ0) is 13.7. The van der Waals surface area contributed by atoms with Gasteiger partial charge in [-0.1, -0.05) is 0 Å². The van der Waals surface area contributed by atoms with E-state index in [1.807, 2.05) is 0 Å². The van der Waals surface area contributed by atoms with Gasteiger partial charge in [0.05, 0.1) is 30.1 Å². The molecule has 0 amide bonds. The van der Waals surface area contributed by atoms with Gasteiger partial charge in [0.15, 0.2) is 5.75 Å². The van der Waals surface area contributed by atoms with Gasteiger partial charge in [-0.05, 0) is 13.0 Å². The van der Waals surface area contributed by atoms with Gasteiger partial charge in [0, 0.05) is 11.6 Å². The minimum Gasteiger partial charge on any atom is -0.490 e. The summed E-state index contributed by atoms with van der Waals surface area (Å²) < 4.78 is 9.73. The van der Waals surface area contributed by atoms with Crippen molar-refractivity contribution in [2.45, 2.75) is 12.8 Å². The molecule has 1 rings (SSSR count). The van der Waals surface area contributed by atoms with Crippen LogP contribution in [0.2, 0.25) is 0 Å². The fraction of sp³-hybridized carbons (Fsp3) is 0.364. The van der Waals surface area contributed by atoms with Gasteiger partial charge in [0.25, 0.3) is 0 Å². The van der Waals surface area contributed by atoms with Gasteiger partial charge < -0.3 is 9.47 Å². The number of methoxy groups -OCH3 is 1. The molecule has 0 heterocycles. The molecule has 0 aliphatic rings. The lowest BCUT2D eigenvalue weighted by Gasteiger charge is -2.08. The smallest absolute Gasteiger partial charge is 0.338 e. The average Bonchev–Trinajstić information content (AvgIpc) is 2.36. The first-order valence-electron chi connectivity index (χ1n) is 5.13. The molecule has 0 saturated carbocycles. The SMILES string of the molecule is CCOC(=O)c1cc(CCl)c([N+](=O)[O-])c(OC)c1. The van der Waals surface area contributed by atoms with Gasteiger partial charge in [-0.3, -0.25) is 10.1 Å². The monoisotopic (exact) mass is 273 g/mol. The van der Waals surface area contributed by atoms with Crippen molar-refractivity contribution in [1.29, 1.82) is 0 Å². The van der Waals surface area contributed by atoms with Crippen molar-refractivity contribution in [2.24, 2.45) is 0 Å². The molecule has 98 valence electrons. The topological polar surface area (TPSA) is 78.7 Å². The average molecular weight is 274 g/mol. The number of esters is 1. The first-order valence-corrected chi connectivity index (χ1v) is 5.67. The van der Waals surface area contributed by atoms with Crippen LogP contribution in [0.1, 0.15) is 22.8 Å². The van der Waals surface area contributed by atoms with E-state index in [0.29, 0.717) is 0 Å². The van der Waals surface area contributed by atoms with Crippen molar-refractivity contribution in [3.05, 3.63) is 33.4 Å². The summed E-state index contributed by atoms with van der Waals surface area (Å²) in [5, 5.41) is 10.9. The van der Waals surface area contributed by atoms with E-state index in [1.54, 1.807) is 6.92 Å². The maximum atomic E-state index is 11.6. The van der Waals surface area contributed by atoms with Crippen molar-refractivity contribution in [3.63, 3.8) is 0 Å². The Morgan fingerprint density at radius 2 is 2.17 bits per heavy atom. The summed E-state index contributed by atoms with van der Waals surface area (Å²) in [6.07, 6.45) is 0. The number of alkyl halides is 1. The Morgan fingerprint density at radius 1 is 1.50 bits per heavy atom. The molecule has 6 nitrogen and oxygen atoms in total. The van der Waals surface area contributed by atoms with Crippen LogP contribution >= 0.6 is 11.6 Å². The molecular weight excluding hydrogens is 262 g/mol. The highest BCUT2D eigenvalue weighted by Crippen LogP contribution is 2.33. The van der Waals surface area contributed by atoms with Crippen molar-refractivity contribution in [3.8, 4) is 5.75 Å². The van der Waals surface area contributed by atoms with Crippen LogP contribution in [0.3, 0.4) is 0 Å². The largest absolute Gasteiger partial charge is 0.490 e. The molecule has 0 fully saturated rings. The van der Waals surface area contributed by atoms with Crippen molar-refractivity contribution >= 4 is 23.3 Å². The molecule has 1 aromatic rings. The first kappa shape index (κ1) is 14.2. The van der Waals surface area contributed by atoms with Crippen molar-refractivity contribution in [2.75, 3.05) is 13.7 Å². The summed E-state index contributed by atoms with van der Waals surface area (Å²) in [6, 6.07) is 2.61. The number of carbonyl (C=O) groups is 1. The third-order valence-electron chi connectivity index (χ3n) is 2.21. The highest BCUT2D eigenvalue weighted by molar-refractivity contribution is 6.17. The lowest BCUT2D eigenvalue weighted by Crippen LogP contribution is -2.07. The van der Waals surface area contributed by atoms with Gasteiger partial charge in [-0.2, -0.15) is 0 Å². The Bertz CT molecular complexity index is 449. The van der Waals surface area contributed by atoms with E-state index < -0.39 is 10.9 Å². The molecule has 0 N–H and O–H groups in total. The maximum Gasteiger partial charge on any atom is 0.338 e. The number of halogens is 1. The van der Waals surface area contributed by atoms with Crippen LogP contribution in [-0.2, 0) is 10.6 Å². The lowest BCUT2D eigenvalue weighted by molar-refractivity contribution is -0.386. The molecule has 0 radical (unpaired) electrons. The predicted octanol–water partition coefficient (Wildman–Crippen LogP) is 2.52. The van der Waals surface area contributed by atoms with E-state index in [2.05, 4.69) is 0 Å². The number of ether oxygens (including phenoxy) is 2. The van der Waals surface area contributed by atoms with Crippen LogP contribution in [0.5, 0.6) is 5.75 Å². The zero-order valence-electron chi connectivity index (χ0n) is 9.94. The van der Waals surface area contributed by atoms with E-state index in [1.165, 1.54) is 19.2 Å². The third kappa shape index (κ3) is 2.89. The molecule has 1 aromatic carbocycles. The number of carbonyl (C=O) groups excluding carboxylic acids is 1. The van der Waals surface area contributed by atoms with Gasteiger partial charge in [0.2, 0.25) is 0 Å². The number of nitrogens with zero attached hydrogens (tertiary/aromatic N) is 1. The van der Waals surface area contributed by atoms with Gasteiger partial charge in [-0.25, -0.2) is 4.79 Å². The van der Waals surface area contributed by atoms with Crippen LogP contribution in [0.4, 0.5) is 5.69 Å². The maximum absolute atomic E-state index is 11.6. The van der Waals surface area contributed by atoms with Crippen LogP contribution in [0.25, 0.3) is 0 Å². The minimum absolute atomic E-state index is 0.0128. The molecule has 18 heavy (non-hydrogen) atoms. The number of rotatable bonds is 5. The molecule has 0 aromatic heterocycles. The Labute approximate surface area is 109 Å². The second-order valence-corrected chi connectivity index (χ2v) is 3.56. The Kier molecular flexibility index (Phi) is 4.91. The molecule has 0 spiro atoms. The number of hydrogen-bond donors (Lipinski definition) is 0. The van der Waals surface area contributed by atoms with Crippen LogP contribution < -0.4 is 4.74 Å². The Hall–Kier alpha value is -1.82. The molecule has 0 bridgehead atoms. The standard InChI is InChI=1S/C11H12ClNO5/c1-3-18-11(14)7-4-8(6-12)10(13(15)16)9(5-7)17-2/h4-5H,3,6H2,1-2H3. The zero-order valence-corrected chi connectivity index (χ0v) is 10.7. The summed E-state index contributed by atoms with van der Waals surface area (Å²) in [5.41, 5.74) is 0.152. The van der Waals surface area contributed by atoms with Crippen molar-refractivity contribution < 1.29 is 19.2 Å². The van der Waals surface area contributed by atoms with Crippen molar-refractivity contribution in [1.82, 2.24) is 0 Å². The summed E-state index contributed by atoms with van der Waals surface area (Å²) in [6.45, 7) is 1.89. The molecule has 0 aliphatic carbocycles. The van der Waals surface area contributed by atoms with E-state index in [0.717, 1.165) is 0 Å². The van der Waals surface area contributed by atoms with Crippen LogP contribution in [0, 0.1) is 10.1 Å². The van der Waals surface area contributed by atoms with E-state index in [-0.39, 0.29) is 35.1 Å². The number of nitro benzene ring substituents is 1. The highest BCUT2D eigenvalue weighted by atomic mass is 35.5. The number of hydrogen-bond acceptors (Lipinski definition) is 5. The highest BCUT2D eigenvalue weighted by Gasteiger charge is 2.23. The molecule has 0 atom stereocenters. The lowest BCUT2D eigenvalue weighted by atomic mass is 10.1. The van der Waals surface area contributed by atoms with E-state index in [4.69, 9.17) is 21.1 Å². The molecular formula is C11H12ClNO5. The summed E-state index contributed by atoms with van der Waals surface area (Å²) in [7, 11) is 1.29. The predicted molar refractivity (Wildman–Crippen MR) is 65.2 cm³/mol. The Morgan fingerprint density at radius 3 is 2.61 bits per heavy atom. The van der Waals surface area contributed by atoms with Crippen LogP contribution in [-0.4, -0.2) is 24.6 Å². The van der Waals surface area contributed by atoms with Gasteiger partial charge in [0.1, 0.15) is 0 Å². The van der Waals surface area contributed by atoms with E-state index >= 15 is 0 Å². The second kappa shape index (κ2) is 6.20. The summed E-state index contributed by atoms with van der Waals surface area (Å²) >= 11 is 5.65. The number of benzene rings is 1. The van der Waals surface area contributed by atoms with Gasteiger partial charge in [-0.15, -0.1) is 11.6 Å². The fourth-order valence-electron chi connectivity index (χ4n) is 1.46. The fourth-order valence-corrected chi connectivity index (χ4v) is 1.67. The number of nitro groups is 1. The molecule has 0 unspecified atom stereocenters. The van der Waals surface area contributed by atoms with E-state index in [9.17, 15) is 14.9 Å². The normalized spacial score (nSPS) is 9.94. The van der Waals surface area contributed by atoms with Crippen LogP contribution in [0.15, 0.2) is 12.1 Å². The minimum atomic E-state index is -0.592. The first-order chi connectivity index (χ1) is 8.54. The van der Waals surface area contributed by atoms with Gasteiger partial charge >= 0.3 is 11.7 Å². The molecule has 0 saturated heterocycles. The quantitative estimate of drug-likeness (QED) is 0.356. The third-order valence-corrected chi connectivity index (χ3v) is 2.50. The Balaban J connectivity index is 3.34. The second-order valence-electron chi connectivity index (χ2n) is 3.30. The molecule has 7 heteroatoms. The summed E-state index contributed by atoms with van der Waals surface area (Å²) in [5.74, 6) is -0.682.